The molecule has 0 saturated heterocycles. The van der Waals surface area contributed by atoms with Crippen LogP contribution in [0, 0.1) is 0 Å². The van der Waals surface area contributed by atoms with E-state index in [1.165, 1.54) is 6.20 Å². The van der Waals surface area contributed by atoms with E-state index in [1.54, 1.807) is 4.57 Å². The van der Waals surface area contributed by atoms with Crippen molar-refractivity contribution in [3.63, 3.8) is 0 Å². The van der Waals surface area contributed by atoms with Crippen LogP contribution in [0.1, 0.15) is 0 Å². The molecule has 2 rings (SSSR count). The molecule has 0 atom stereocenters. The molecule has 0 aliphatic rings. The summed E-state index contributed by atoms with van der Waals surface area (Å²) in [6, 6.07) is 9.48. The first-order valence-electron chi connectivity index (χ1n) is 3.86. The summed E-state index contributed by atoms with van der Waals surface area (Å²) in [5.41, 5.74) is 6.45. The summed E-state index contributed by atoms with van der Waals surface area (Å²) in [5.74, 6) is 0.213. The minimum Gasteiger partial charge on any atom is -0.492 e. The highest BCUT2D eigenvalue weighted by atomic mass is 16.3. The molecule has 0 aliphatic heterocycles. The summed E-state index contributed by atoms with van der Waals surface area (Å²) in [4.78, 5) is 3.68. The first-order valence-corrected chi connectivity index (χ1v) is 3.86. The van der Waals surface area contributed by atoms with E-state index in [2.05, 4.69) is 4.98 Å². The molecule has 13 heavy (non-hydrogen) atoms. The van der Waals surface area contributed by atoms with Crippen LogP contribution >= 0.6 is 0 Å². The summed E-state index contributed by atoms with van der Waals surface area (Å²) in [7, 11) is 0. The zero-order chi connectivity index (χ0) is 9.26. The van der Waals surface area contributed by atoms with E-state index in [4.69, 9.17) is 10.8 Å². The third kappa shape index (κ3) is 1.33. The van der Waals surface area contributed by atoms with Crippen LogP contribution in [0.15, 0.2) is 36.5 Å². The number of para-hydroxylation sites is 1. The van der Waals surface area contributed by atoms with Gasteiger partial charge in [-0.1, -0.05) is 18.2 Å². The van der Waals surface area contributed by atoms with Gasteiger partial charge >= 0.3 is 0 Å². The van der Waals surface area contributed by atoms with Gasteiger partial charge < -0.3 is 10.8 Å². The Hall–Kier alpha value is -1.97. The first kappa shape index (κ1) is 7.67. The maximum Gasteiger partial charge on any atom is 0.231 e. The van der Waals surface area contributed by atoms with Gasteiger partial charge in [-0.25, -0.2) is 0 Å². The second-order valence-corrected chi connectivity index (χ2v) is 2.66. The van der Waals surface area contributed by atoms with Crippen LogP contribution in [0.4, 0.5) is 5.95 Å². The highest BCUT2D eigenvalue weighted by Crippen LogP contribution is 2.16. The Kier molecular flexibility index (Phi) is 1.66. The van der Waals surface area contributed by atoms with Crippen LogP contribution in [0.25, 0.3) is 5.69 Å². The van der Waals surface area contributed by atoms with Crippen LogP contribution in [0.5, 0.6) is 5.88 Å². The fraction of sp³-hybridized carbons (Fsp3) is 0. The topological polar surface area (TPSA) is 64.1 Å². The van der Waals surface area contributed by atoms with Crippen molar-refractivity contribution >= 4 is 5.95 Å². The molecular formula is C9H9N3O. The number of benzene rings is 1. The molecule has 4 heteroatoms. The number of nitrogen functional groups attached to an aromatic ring is 1. The fourth-order valence-corrected chi connectivity index (χ4v) is 1.18. The van der Waals surface area contributed by atoms with Crippen molar-refractivity contribution in [2.45, 2.75) is 0 Å². The highest BCUT2D eigenvalue weighted by molar-refractivity contribution is 5.41. The lowest BCUT2D eigenvalue weighted by atomic mass is 10.3. The van der Waals surface area contributed by atoms with Crippen molar-refractivity contribution in [2.24, 2.45) is 0 Å². The van der Waals surface area contributed by atoms with E-state index >= 15 is 0 Å². The molecule has 0 spiro atoms. The standard InChI is InChI=1S/C9H9N3O/c10-9-11-8(13)6-12(9)7-4-2-1-3-5-7/h1-6,13H,(H2,10,11). The van der Waals surface area contributed by atoms with Gasteiger partial charge in [0.05, 0.1) is 6.20 Å². The van der Waals surface area contributed by atoms with Crippen molar-refractivity contribution in [3.05, 3.63) is 36.5 Å². The first-order chi connectivity index (χ1) is 6.27. The van der Waals surface area contributed by atoms with Crippen LogP contribution in [-0.4, -0.2) is 14.7 Å². The van der Waals surface area contributed by atoms with Gasteiger partial charge in [-0.05, 0) is 12.1 Å². The number of nitrogens with two attached hydrogens (primary N) is 1. The predicted octanol–water partition coefficient (Wildman–Crippen LogP) is 1.16. The average molecular weight is 175 g/mol. The molecule has 1 aromatic carbocycles. The van der Waals surface area contributed by atoms with Gasteiger partial charge in [0.25, 0.3) is 0 Å². The number of rotatable bonds is 1. The Bertz CT molecular complexity index is 408. The molecule has 0 fully saturated rings. The van der Waals surface area contributed by atoms with E-state index in [0.717, 1.165) is 5.69 Å². The normalized spacial score (nSPS) is 10.2. The summed E-state index contributed by atoms with van der Waals surface area (Å²) in [5, 5.41) is 9.08. The highest BCUT2D eigenvalue weighted by Gasteiger charge is 2.03. The summed E-state index contributed by atoms with van der Waals surface area (Å²) in [6.07, 6.45) is 1.48. The van der Waals surface area contributed by atoms with Crippen molar-refractivity contribution in [3.8, 4) is 11.6 Å². The second-order valence-electron chi connectivity index (χ2n) is 2.66. The van der Waals surface area contributed by atoms with E-state index in [9.17, 15) is 0 Å². The van der Waals surface area contributed by atoms with E-state index < -0.39 is 0 Å². The molecule has 4 nitrogen and oxygen atoms in total. The third-order valence-electron chi connectivity index (χ3n) is 1.75. The van der Waals surface area contributed by atoms with Gasteiger partial charge in [-0.3, -0.25) is 4.57 Å². The maximum atomic E-state index is 9.08. The van der Waals surface area contributed by atoms with Gasteiger partial charge in [0.2, 0.25) is 11.8 Å². The zero-order valence-corrected chi connectivity index (χ0v) is 6.88. The van der Waals surface area contributed by atoms with Gasteiger partial charge in [-0.2, -0.15) is 4.98 Å². The van der Waals surface area contributed by atoms with Crippen molar-refractivity contribution in [1.29, 1.82) is 0 Å². The Morgan fingerprint density at radius 1 is 1.23 bits per heavy atom. The zero-order valence-electron chi connectivity index (χ0n) is 6.88. The van der Waals surface area contributed by atoms with Crippen LogP contribution in [-0.2, 0) is 0 Å². The number of aromatic nitrogens is 2. The SMILES string of the molecule is Nc1nc(O)cn1-c1ccccc1. The van der Waals surface area contributed by atoms with Gasteiger partial charge in [0, 0.05) is 5.69 Å². The average Bonchev–Trinajstić information content (AvgIpc) is 2.47. The lowest BCUT2D eigenvalue weighted by Gasteiger charge is -2.01. The fourth-order valence-electron chi connectivity index (χ4n) is 1.18. The van der Waals surface area contributed by atoms with E-state index in [0.29, 0.717) is 0 Å². The predicted molar refractivity (Wildman–Crippen MR) is 49.6 cm³/mol. The van der Waals surface area contributed by atoms with Gasteiger partial charge in [0.15, 0.2) is 0 Å². The Morgan fingerprint density at radius 2 is 1.92 bits per heavy atom. The second kappa shape index (κ2) is 2.82. The summed E-state index contributed by atoms with van der Waals surface area (Å²) in [6.45, 7) is 0. The Balaban J connectivity index is 2.53. The van der Waals surface area contributed by atoms with Crippen molar-refractivity contribution in [1.82, 2.24) is 9.55 Å². The molecule has 0 amide bonds. The van der Waals surface area contributed by atoms with Gasteiger partial charge in [-0.15, -0.1) is 0 Å². The molecule has 3 N–H and O–H groups in total. The number of aromatic hydroxyl groups is 1. The van der Waals surface area contributed by atoms with E-state index in [1.807, 2.05) is 30.3 Å². The molecule has 0 radical (unpaired) electrons. The maximum absolute atomic E-state index is 9.08. The summed E-state index contributed by atoms with van der Waals surface area (Å²) >= 11 is 0. The molecule has 1 heterocycles. The smallest absolute Gasteiger partial charge is 0.231 e. The van der Waals surface area contributed by atoms with Crippen LogP contribution < -0.4 is 5.73 Å². The number of hydrogen-bond acceptors (Lipinski definition) is 3. The molecule has 66 valence electrons. The van der Waals surface area contributed by atoms with Crippen molar-refractivity contribution < 1.29 is 5.11 Å². The number of anilines is 1. The van der Waals surface area contributed by atoms with Crippen molar-refractivity contribution in [2.75, 3.05) is 5.73 Å². The minimum atomic E-state index is -0.0682. The molecule has 0 saturated carbocycles. The summed E-state index contributed by atoms with van der Waals surface area (Å²) < 4.78 is 1.62. The number of imidazole rings is 1. The van der Waals surface area contributed by atoms with E-state index in [-0.39, 0.29) is 11.8 Å². The third-order valence-corrected chi connectivity index (χ3v) is 1.75. The lowest BCUT2D eigenvalue weighted by Crippen LogP contribution is -1.98. The van der Waals surface area contributed by atoms with Gasteiger partial charge in [0.1, 0.15) is 0 Å². The quantitative estimate of drug-likeness (QED) is 0.683. The number of nitrogens with zero attached hydrogens (tertiary/aromatic N) is 2. The largest absolute Gasteiger partial charge is 0.492 e. The minimum absolute atomic E-state index is 0.0682. The molecule has 0 unspecified atom stereocenters. The Labute approximate surface area is 75.3 Å². The Morgan fingerprint density at radius 3 is 2.46 bits per heavy atom. The lowest BCUT2D eigenvalue weighted by molar-refractivity contribution is 0.456. The monoisotopic (exact) mass is 175 g/mol. The molecular weight excluding hydrogens is 166 g/mol. The molecule has 0 bridgehead atoms. The molecule has 1 aromatic heterocycles. The number of hydrogen-bond donors (Lipinski definition) is 2. The molecule has 2 aromatic rings. The van der Waals surface area contributed by atoms with Crippen LogP contribution in [0.2, 0.25) is 0 Å². The van der Waals surface area contributed by atoms with Crippen LogP contribution in [0.3, 0.4) is 0 Å². The molecule has 0 aliphatic carbocycles.